The number of rotatable bonds is 2. The minimum absolute atomic E-state index is 0. The van der Waals surface area contributed by atoms with E-state index in [0.29, 0.717) is 5.92 Å². The standard InChI is InChI=1S/C14H15N.H3N/c1-11-5-7-13(8-6-11)12(2)14-4-3-9-15-10-14;/h3-10,12H,1-2H3;1H3. The normalized spacial score (nSPS) is 11.6. The number of hydrogen-bond donors (Lipinski definition) is 1. The average Bonchev–Trinajstić information content (AvgIpc) is 2.30. The van der Waals surface area contributed by atoms with Crippen molar-refractivity contribution < 1.29 is 0 Å². The Morgan fingerprint density at radius 3 is 2.25 bits per heavy atom. The zero-order valence-corrected chi connectivity index (χ0v) is 9.85. The van der Waals surface area contributed by atoms with E-state index in [4.69, 9.17) is 0 Å². The molecule has 16 heavy (non-hydrogen) atoms. The highest BCUT2D eigenvalue weighted by Gasteiger charge is 2.07. The summed E-state index contributed by atoms with van der Waals surface area (Å²) in [6, 6.07) is 12.8. The summed E-state index contributed by atoms with van der Waals surface area (Å²) in [5, 5.41) is 0. The van der Waals surface area contributed by atoms with E-state index < -0.39 is 0 Å². The van der Waals surface area contributed by atoms with E-state index in [-0.39, 0.29) is 6.15 Å². The zero-order valence-electron chi connectivity index (χ0n) is 9.85. The van der Waals surface area contributed by atoms with E-state index in [1.54, 1.807) is 0 Å². The quantitative estimate of drug-likeness (QED) is 0.828. The van der Waals surface area contributed by atoms with Gasteiger partial charge in [0.25, 0.3) is 0 Å². The molecule has 0 saturated heterocycles. The van der Waals surface area contributed by atoms with Crippen LogP contribution >= 0.6 is 0 Å². The molecule has 1 atom stereocenters. The van der Waals surface area contributed by atoms with Gasteiger partial charge >= 0.3 is 0 Å². The van der Waals surface area contributed by atoms with Gasteiger partial charge in [-0.05, 0) is 24.1 Å². The summed E-state index contributed by atoms with van der Waals surface area (Å²) in [5.41, 5.74) is 3.91. The van der Waals surface area contributed by atoms with Gasteiger partial charge in [0, 0.05) is 18.3 Å². The summed E-state index contributed by atoms with van der Waals surface area (Å²) in [6.45, 7) is 4.32. The lowest BCUT2D eigenvalue weighted by Crippen LogP contribution is -1.96. The molecule has 1 heterocycles. The number of nitrogens with zero attached hydrogens (tertiary/aromatic N) is 1. The minimum atomic E-state index is 0. The smallest absolute Gasteiger partial charge is 0.0305 e. The van der Waals surface area contributed by atoms with Crippen molar-refractivity contribution in [1.29, 1.82) is 0 Å². The van der Waals surface area contributed by atoms with Gasteiger partial charge in [-0.1, -0.05) is 42.8 Å². The van der Waals surface area contributed by atoms with E-state index >= 15 is 0 Å². The molecule has 84 valence electrons. The number of benzene rings is 1. The maximum absolute atomic E-state index is 4.15. The van der Waals surface area contributed by atoms with Crippen LogP contribution in [-0.4, -0.2) is 4.98 Å². The third kappa shape index (κ3) is 2.67. The van der Waals surface area contributed by atoms with Crippen molar-refractivity contribution in [2.24, 2.45) is 0 Å². The second-order valence-corrected chi connectivity index (χ2v) is 3.92. The number of hydrogen-bond acceptors (Lipinski definition) is 2. The molecule has 3 N–H and O–H groups in total. The molecule has 0 bridgehead atoms. The van der Waals surface area contributed by atoms with Crippen LogP contribution in [0.2, 0.25) is 0 Å². The zero-order chi connectivity index (χ0) is 10.7. The van der Waals surface area contributed by atoms with Crippen molar-refractivity contribution in [1.82, 2.24) is 11.1 Å². The molecule has 0 aliphatic heterocycles. The van der Waals surface area contributed by atoms with Crippen LogP contribution in [0.25, 0.3) is 0 Å². The molecule has 2 heteroatoms. The van der Waals surface area contributed by atoms with Crippen LogP contribution in [0, 0.1) is 6.92 Å². The van der Waals surface area contributed by atoms with Crippen LogP contribution < -0.4 is 6.15 Å². The largest absolute Gasteiger partial charge is 0.344 e. The lowest BCUT2D eigenvalue weighted by molar-refractivity contribution is 0.910. The van der Waals surface area contributed by atoms with Crippen LogP contribution in [0.15, 0.2) is 48.8 Å². The molecule has 2 rings (SSSR count). The molecule has 0 aliphatic carbocycles. The van der Waals surface area contributed by atoms with Gasteiger partial charge < -0.3 is 6.15 Å². The molecule has 0 aliphatic rings. The molecule has 1 unspecified atom stereocenters. The van der Waals surface area contributed by atoms with Crippen LogP contribution in [0.3, 0.4) is 0 Å². The Morgan fingerprint density at radius 2 is 1.69 bits per heavy atom. The molecule has 1 aromatic carbocycles. The van der Waals surface area contributed by atoms with E-state index in [0.717, 1.165) is 0 Å². The predicted octanol–water partition coefficient (Wildman–Crippen LogP) is 3.70. The van der Waals surface area contributed by atoms with Gasteiger partial charge in [-0.2, -0.15) is 0 Å². The van der Waals surface area contributed by atoms with E-state index in [1.165, 1.54) is 16.7 Å². The molecule has 0 amide bonds. The second-order valence-electron chi connectivity index (χ2n) is 3.92. The fourth-order valence-corrected chi connectivity index (χ4v) is 1.68. The minimum Gasteiger partial charge on any atom is -0.344 e. The van der Waals surface area contributed by atoms with Gasteiger partial charge in [0.2, 0.25) is 0 Å². The van der Waals surface area contributed by atoms with E-state index in [1.807, 2.05) is 18.5 Å². The first kappa shape index (κ1) is 12.4. The maximum Gasteiger partial charge on any atom is 0.0305 e. The van der Waals surface area contributed by atoms with Gasteiger partial charge in [-0.25, -0.2) is 0 Å². The first-order valence-electron chi connectivity index (χ1n) is 5.24. The van der Waals surface area contributed by atoms with Crippen molar-refractivity contribution in [3.05, 3.63) is 65.5 Å². The highest BCUT2D eigenvalue weighted by molar-refractivity contribution is 5.31. The average molecular weight is 214 g/mol. The van der Waals surface area contributed by atoms with Crippen molar-refractivity contribution in [3.8, 4) is 0 Å². The van der Waals surface area contributed by atoms with Crippen LogP contribution in [0.5, 0.6) is 0 Å². The van der Waals surface area contributed by atoms with Crippen molar-refractivity contribution >= 4 is 0 Å². The third-order valence-electron chi connectivity index (χ3n) is 2.76. The fourth-order valence-electron chi connectivity index (χ4n) is 1.68. The van der Waals surface area contributed by atoms with Gasteiger partial charge in [0.15, 0.2) is 0 Å². The van der Waals surface area contributed by atoms with Crippen molar-refractivity contribution in [2.75, 3.05) is 0 Å². The molecule has 2 nitrogen and oxygen atoms in total. The third-order valence-corrected chi connectivity index (χ3v) is 2.76. The Balaban J connectivity index is 0.00000128. The van der Waals surface area contributed by atoms with E-state index in [2.05, 4.69) is 49.2 Å². The summed E-state index contributed by atoms with van der Waals surface area (Å²) in [5.74, 6) is 0.416. The molecular weight excluding hydrogens is 196 g/mol. The Morgan fingerprint density at radius 1 is 1.00 bits per heavy atom. The Kier molecular flexibility index (Phi) is 4.20. The van der Waals surface area contributed by atoms with Crippen LogP contribution in [-0.2, 0) is 0 Å². The van der Waals surface area contributed by atoms with E-state index in [9.17, 15) is 0 Å². The van der Waals surface area contributed by atoms with Crippen molar-refractivity contribution in [3.63, 3.8) is 0 Å². The van der Waals surface area contributed by atoms with Gasteiger partial charge in [0.1, 0.15) is 0 Å². The maximum atomic E-state index is 4.15. The van der Waals surface area contributed by atoms with Crippen LogP contribution in [0.1, 0.15) is 29.5 Å². The predicted molar refractivity (Wildman–Crippen MR) is 68.0 cm³/mol. The number of pyridine rings is 1. The van der Waals surface area contributed by atoms with Crippen LogP contribution in [0.4, 0.5) is 0 Å². The molecule has 0 saturated carbocycles. The number of aromatic nitrogens is 1. The van der Waals surface area contributed by atoms with Gasteiger partial charge in [-0.15, -0.1) is 0 Å². The molecule has 0 radical (unpaired) electrons. The van der Waals surface area contributed by atoms with Crippen molar-refractivity contribution in [2.45, 2.75) is 19.8 Å². The molecule has 2 aromatic rings. The Hall–Kier alpha value is -1.67. The lowest BCUT2D eigenvalue weighted by atomic mass is 9.94. The van der Waals surface area contributed by atoms with Gasteiger partial charge in [0.05, 0.1) is 0 Å². The lowest BCUT2D eigenvalue weighted by Gasteiger charge is -2.11. The first-order chi connectivity index (χ1) is 7.27. The molecule has 0 spiro atoms. The Labute approximate surface area is 96.9 Å². The fraction of sp³-hybridized carbons (Fsp3) is 0.214. The van der Waals surface area contributed by atoms with Gasteiger partial charge in [-0.3, -0.25) is 4.98 Å². The summed E-state index contributed by atoms with van der Waals surface area (Å²) in [6.07, 6.45) is 3.75. The SMILES string of the molecule is Cc1ccc(C(C)c2cccnc2)cc1.N. The first-order valence-corrected chi connectivity index (χ1v) is 5.24. The molecule has 0 fully saturated rings. The monoisotopic (exact) mass is 214 g/mol. The highest BCUT2D eigenvalue weighted by Crippen LogP contribution is 2.23. The summed E-state index contributed by atoms with van der Waals surface area (Å²) in [7, 11) is 0. The topological polar surface area (TPSA) is 47.9 Å². The summed E-state index contributed by atoms with van der Waals surface area (Å²) in [4.78, 5) is 4.15. The highest BCUT2D eigenvalue weighted by atomic mass is 14.6. The summed E-state index contributed by atoms with van der Waals surface area (Å²) < 4.78 is 0. The molecule has 1 aromatic heterocycles. The molecular formula is C14H18N2. The summed E-state index contributed by atoms with van der Waals surface area (Å²) >= 11 is 0. The second kappa shape index (κ2) is 5.42. The Bertz CT molecular complexity index is 420. The number of aryl methyl sites for hydroxylation is 1.